The average Bonchev–Trinajstić information content (AvgIpc) is 2.89. The normalized spacial score (nSPS) is 19.5. The predicted molar refractivity (Wildman–Crippen MR) is 91.4 cm³/mol. The summed E-state index contributed by atoms with van der Waals surface area (Å²) >= 11 is 0. The molecule has 1 aromatic heterocycles. The van der Waals surface area contributed by atoms with Crippen LogP contribution in [0.25, 0.3) is 0 Å². The molecular weight excluding hydrogens is 314 g/mol. The lowest BCUT2D eigenvalue weighted by atomic mass is 10.1. The molecule has 1 saturated heterocycles. The summed E-state index contributed by atoms with van der Waals surface area (Å²) in [5.41, 5.74) is 0.497. The van der Waals surface area contributed by atoms with Crippen LogP contribution in [0.15, 0.2) is 18.3 Å². The van der Waals surface area contributed by atoms with Crippen LogP contribution in [0.2, 0.25) is 0 Å². The number of amides is 1. The molecule has 1 fully saturated rings. The summed E-state index contributed by atoms with van der Waals surface area (Å²) < 4.78 is 23.3. The number of pyridine rings is 1. The highest BCUT2D eigenvalue weighted by molar-refractivity contribution is 7.91. The van der Waals surface area contributed by atoms with Crippen LogP contribution < -0.4 is 5.32 Å². The van der Waals surface area contributed by atoms with E-state index in [4.69, 9.17) is 0 Å². The minimum absolute atomic E-state index is 0.0661. The predicted octanol–water partition coefficient (Wildman–Crippen LogP) is 1.94. The summed E-state index contributed by atoms with van der Waals surface area (Å²) in [6.45, 7) is 5.35. The van der Waals surface area contributed by atoms with E-state index in [1.54, 1.807) is 23.2 Å². The number of nitrogens with zero attached hydrogens (tertiary/aromatic N) is 2. The van der Waals surface area contributed by atoms with Gasteiger partial charge in [-0.3, -0.25) is 4.79 Å². The molecule has 2 heterocycles. The van der Waals surface area contributed by atoms with Gasteiger partial charge in [0.2, 0.25) is 0 Å². The number of rotatable bonds is 7. The zero-order chi connectivity index (χ0) is 16.9. The maximum atomic E-state index is 12.6. The Labute approximate surface area is 138 Å². The largest absolute Gasteiger partial charge is 0.370 e. The minimum atomic E-state index is -3.01. The zero-order valence-corrected chi connectivity index (χ0v) is 14.6. The van der Waals surface area contributed by atoms with Gasteiger partial charge in [-0.15, -0.1) is 0 Å². The second kappa shape index (κ2) is 7.77. The standard InChI is InChI=1S/C16H25N3O3S/c1-3-5-9-17-15-7-6-13(11-18-15)16(20)19(4-2)14-8-10-23(21,22)12-14/h6-7,11,14H,3-5,8-10,12H2,1-2H3,(H,17,18). The number of aromatic nitrogens is 1. The van der Waals surface area contributed by atoms with Crippen molar-refractivity contribution >= 4 is 21.6 Å². The van der Waals surface area contributed by atoms with Gasteiger partial charge in [0.15, 0.2) is 9.84 Å². The van der Waals surface area contributed by atoms with Gasteiger partial charge < -0.3 is 10.2 Å². The summed E-state index contributed by atoms with van der Waals surface area (Å²) in [5, 5.41) is 3.21. The Morgan fingerprint density at radius 3 is 2.70 bits per heavy atom. The van der Waals surface area contributed by atoms with Gasteiger partial charge in [0.25, 0.3) is 5.91 Å². The van der Waals surface area contributed by atoms with Crippen molar-refractivity contribution in [3.05, 3.63) is 23.9 Å². The number of carbonyl (C=O) groups is 1. The molecule has 6 nitrogen and oxygen atoms in total. The van der Waals surface area contributed by atoms with Gasteiger partial charge in [0, 0.05) is 25.3 Å². The van der Waals surface area contributed by atoms with Gasteiger partial charge in [0.1, 0.15) is 5.82 Å². The molecule has 0 aliphatic carbocycles. The number of hydrogen-bond acceptors (Lipinski definition) is 5. The first-order valence-corrected chi connectivity index (χ1v) is 10.00. The molecule has 0 bridgehead atoms. The topological polar surface area (TPSA) is 79.4 Å². The Morgan fingerprint density at radius 1 is 1.39 bits per heavy atom. The maximum absolute atomic E-state index is 12.6. The van der Waals surface area contributed by atoms with Crippen molar-refractivity contribution in [3.63, 3.8) is 0 Å². The summed E-state index contributed by atoms with van der Waals surface area (Å²) in [7, 11) is -3.01. The third-order valence-electron chi connectivity index (χ3n) is 4.10. The Hall–Kier alpha value is -1.63. The van der Waals surface area contributed by atoms with Crippen LogP contribution in [0, 0.1) is 0 Å². The van der Waals surface area contributed by atoms with Crippen LogP contribution in [0.3, 0.4) is 0 Å². The first-order chi connectivity index (χ1) is 11.0. The van der Waals surface area contributed by atoms with Crippen molar-refractivity contribution in [1.29, 1.82) is 0 Å². The van der Waals surface area contributed by atoms with Gasteiger partial charge >= 0.3 is 0 Å². The van der Waals surface area contributed by atoms with Crippen molar-refractivity contribution in [1.82, 2.24) is 9.88 Å². The number of carbonyl (C=O) groups excluding carboxylic acids is 1. The van der Waals surface area contributed by atoms with Crippen LogP contribution in [-0.2, 0) is 9.84 Å². The number of anilines is 1. The van der Waals surface area contributed by atoms with Crippen LogP contribution in [0.4, 0.5) is 5.82 Å². The monoisotopic (exact) mass is 339 g/mol. The van der Waals surface area contributed by atoms with Crippen LogP contribution in [0.5, 0.6) is 0 Å². The first kappa shape index (κ1) is 17.7. The second-order valence-corrected chi connectivity index (χ2v) is 8.09. The average molecular weight is 339 g/mol. The highest BCUT2D eigenvalue weighted by atomic mass is 32.2. The van der Waals surface area contributed by atoms with E-state index in [1.165, 1.54) is 0 Å². The van der Waals surface area contributed by atoms with Gasteiger partial charge in [-0.2, -0.15) is 0 Å². The SMILES string of the molecule is CCCCNc1ccc(C(=O)N(CC)C2CCS(=O)(=O)C2)cn1. The maximum Gasteiger partial charge on any atom is 0.255 e. The third kappa shape index (κ3) is 4.67. The molecule has 1 N–H and O–H groups in total. The van der Waals surface area contributed by atoms with Crippen molar-refractivity contribution in [2.24, 2.45) is 0 Å². The Balaban J connectivity index is 2.03. The van der Waals surface area contributed by atoms with E-state index in [0.717, 1.165) is 25.2 Å². The summed E-state index contributed by atoms with van der Waals surface area (Å²) in [4.78, 5) is 18.5. The van der Waals surface area contributed by atoms with E-state index in [1.807, 2.05) is 6.92 Å². The molecule has 0 radical (unpaired) electrons. The summed E-state index contributed by atoms with van der Waals surface area (Å²) in [6, 6.07) is 3.32. The highest BCUT2D eigenvalue weighted by Crippen LogP contribution is 2.20. The molecule has 128 valence electrons. The van der Waals surface area contributed by atoms with Crippen LogP contribution >= 0.6 is 0 Å². The molecule has 1 aliphatic rings. The lowest BCUT2D eigenvalue weighted by Crippen LogP contribution is -2.41. The Kier molecular flexibility index (Phi) is 5.98. The minimum Gasteiger partial charge on any atom is -0.370 e. The van der Waals surface area contributed by atoms with E-state index in [9.17, 15) is 13.2 Å². The van der Waals surface area contributed by atoms with Gasteiger partial charge in [-0.25, -0.2) is 13.4 Å². The zero-order valence-electron chi connectivity index (χ0n) is 13.8. The first-order valence-electron chi connectivity index (χ1n) is 8.18. The van der Waals surface area contributed by atoms with Crippen LogP contribution in [0.1, 0.15) is 43.5 Å². The van der Waals surface area contributed by atoms with Crippen molar-refractivity contribution < 1.29 is 13.2 Å². The lowest BCUT2D eigenvalue weighted by Gasteiger charge is -2.26. The molecule has 7 heteroatoms. The van der Waals surface area contributed by atoms with E-state index >= 15 is 0 Å². The van der Waals surface area contributed by atoms with E-state index in [0.29, 0.717) is 18.5 Å². The van der Waals surface area contributed by atoms with Gasteiger partial charge in [0.05, 0.1) is 17.1 Å². The lowest BCUT2D eigenvalue weighted by molar-refractivity contribution is 0.0708. The van der Waals surface area contributed by atoms with Gasteiger partial charge in [-0.05, 0) is 31.9 Å². The smallest absolute Gasteiger partial charge is 0.255 e. The number of hydrogen-bond donors (Lipinski definition) is 1. The van der Waals surface area contributed by atoms with E-state index in [2.05, 4.69) is 17.2 Å². The fourth-order valence-electron chi connectivity index (χ4n) is 2.77. The number of sulfone groups is 1. The molecule has 0 aromatic carbocycles. The molecule has 0 spiro atoms. The Morgan fingerprint density at radius 2 is 2.17 bits per heavy atom. The van der Waals surface area contributed by atoms with Gasteiger partial charge in [-0.1, -0.05) is 13.3 Å². The van der Waals surface area contributed by atoms with Crippen molar-refractivity contribution in [2.75, 3.05) is 29.9 Å². The molecular formula is C16H25N3O3S. The van der Waals surface area contributed by atoms with Crippen molar-refractivity contribution in [2.45, 2.75) is 39.2 Å². The molecule has 1 unspecified atom stereocenters. The molecule has 0 saturated carbocycles. The number of nitrogens with one attached hydrogen (secondary N) is 1. The van der Waals surface area contributed by atoms with Crippen LogP contribution in [-0.4, -0.2) is 54.8 Å². The molecule has 1 amide bonds. The molecule has 1 aromatic rings. The molecule has 2 rings (SSSR count). The van der Waals surface area contributed by atoms with E-state index < -0.39 is 9.84 Å². The number of unbranched alkanes of at least 4 members (excludes halogenated alkanes) is 1. The highest BCUT2D eigenvalue weighted by Gasteiger charge is 2.34. The fraction of sp³-hybridized carbons (Fsp3) is 0.625. The fourth-order valence-corrected chi connectivity index (χ4v) is 4.50. The quantitative estimate of drug-likeness (QED) is 0.768. The summed E-state index contributed by atoms with van der Waals surface area (Å²) in [6.07, 6.45) is 4.26. The van der Waals surface area contributed by atoms with E-state index in [-0.39, 0.29) is 23.5 Å². The molecule has 1 atom stereocenters. The second-order valence-electron chi connectivity index (χ2n) is 5.86. The summed E-state index contributed by atoms with van der Waals surface area (Å²) in [5.74, 6) is 0.833. The molecule has 1 aliphatic heterocycles. The Bertz CT molecular complexity index is 628. The third-order valence-corrected chi connectivity index (χ3v) is 5.85. The van der Waals surface area contributed by atoms with Crippen molar-refractivity contribution in [3.8, 4) is 0 Å². The molecule has 23 heavy (non-hydrogen) atoms.